The van der Waals surface area contributed by atoms with E-state index in [9.17, 15) is 10.1 Å². The van der Waals surface area contributed by atoms with Crippen LogP contribution in [0, 0.1) is 11.3 Å². The van der Waals surface area contributed by atoms with Crippen LogP contribution < -0.4 is 4.74 Å². The molecule has 0 aliphatic rings. The second-order valence-corrected chi connectivity index (χ2v) is 4.76. The van der Waals surface area contributed by atoms with Crippen LogP contribution in [-0.4, -0.2) is 12.9 Å². The van der Waals surface area contributed by atoms with Gasteiger partial charge >= 0.3 is 0 Å². The molecule has 0 N–H and O–H groups in total. The summed E-state index contributed by atoms with van der Waals surface area (Å²) in [4.78, 5) is 12.3. The maximum atomic E-state index is 12.3. The number of methoxy groups -OCH3 is 1. The summed E-state index contributed by atoms with van der Waals surface area (Å²) in [6.45, 7) is 0. The number of aryl methyl sites for hydroxylation is 1. The first-order chi connectivity index (χ1) is 10.3. The van der Waals surface area contributed by atoms with Crippen molar-refractivity contribution < 1.29 is 9.53 Å². The lowest BCUT2D eigenvalue weighted by atomic mass is 9.92. The highest BCUT2D eigenvalue weighted by molar-refractivity contribution is 5.89. The zero-order chi connectivity index (χ0) is 15.1. The van der Waals surface area contributed by atoms with Crippen LogP contribution in [0.1, 0.15) is 23.5 Å². The normalized spacial score (nSPS) is 11.4. The Morgan fingerprint density at radius 2 is 1.81 bits per heavy atom. The van der Waals surface area contributed by atoms with E-state index in [4.69, 9.17) is 4.74 Å². The van der Waals surface area contributed by atoms with E-state index in [1.165, 1.54) is 0 Å². The summed E-state index contributed by atoms with van der Waals surface area (Å²) in [6.07, 6.45) is 0.993. The Morgan fingerprint density at radius 3 is 2.48 bits per heavy atom. The second-order valence-electron chi connectivity index (χ2n) is 4.76. The van der Waals surface area contributed by atoms with Crippen molar-refractivity contribution in [2.75, 3.05) is 7.11 Å². The van der Waals surface area contributed by atoms with Crippen LogP contribution in [0.25, 0.3) is 0 Å². The average Bonchev–Trinajstić information content (AvgIpc) is 2.55. The van der Waals surface area contributed by atoms with Crippen LogP contribution in [-0.2, 0) is 11.2 Å². The molecule has 0 radical (unpaired) electrons. The van der Waals surface area contributed by atoms with Gasteiger partial charge in [0.15, 0.2) is 5.78 Å². The molecule has 3 heteroatoms. The van der Waals surface area contributed by atoms with E-state index in [-0.39, 0.29) is 5.78 Å². The van der Waals surface area contributed by atoms with Gasteiger partial charge in [-0.25, -0.2) is 0 Å². The van der Waals surface area contributed by atoms with Crippen molar-refractivity contribution >= 4 is 5.78 Å². The summed E-state index contributed by atoms with van der Waals surface area (Å²) in [5, 5.41) is 9.34. The highest BCUT2D eigenvalue weighted by Crippen LogP contribution is 2.27. The first-order valence-electron chi connectivity index (χ1n) is 6.85. The fourth-order valence-corrected chi connectivity index (χ4v) is 2.28. The predicted molar refractivity (Wildman–Crippen MR) is 81.1 cm³/mol. The molecule has 21 heavy (non-hydrogen) atoms. The van der Waals surface area contributed by atoms with Gasteiger partial charge in [0.05, 0.1) is 13.2 Å². The molecule has 3 nitrogen and oxygen atoms in total. The average molecular weight is 279 g/mol. The number of rotatable bonds is 6. The number of ketones is 1. The van der Waals surface area contributed by atoms with Crippen LogP contribution >= 0.6 is 0 Å². The lowest BCUT2D eigenvalue weighted by Crippen LogP contribution is -2.12. The Balaban J connectivity index is 2.11. The summed E-state index contributed by atoms with van der Waals surface area (Å²) in [7, 11) is 1.54. The molecule has 0 amide bonds. The molecule has 106 valence electrons. The molecule has 0 aromatic heterocycles. The number of carbonyl (C=O) groups excluding carboxylic acids is 1. The minimum absolute atomic E-state index is 0.0779. The quantitative estimate of drug-likeness (QED) is 0.813. The molecule has 1 unspecified atom stereocenters. The standard InChI is InChI=1S/C18H17NO2/c1-21-18-10-6-5-9-15(18)16(13-19)17(20)12-11-14-7-3-2-4-8-14/h2-10,16H,11-12H2,1H3. The zero-order valence-corrected chi connectivity index (χ0v) is 12.0. The Morgan fingerprint density at radius 1 is 1.14 bits per heavy atom. The third-order valence-electron chi connectivity index (χ3n) is 3.40. The van der Waals surface area contributed by atoms with Gasteiger partial charge in [-0.15, -0.1) is 0 Å². The third-order valence-corrected chi connectivity index (χ3v) is 3.40. The molecule has 0 saturated carbocycles. The maximum Gasteiger partial charge on any atom is 0.154 e. The molecule has 0 bridgehead atoms. The number of nitriles is 1. The van der Waals surface area contributed by atoms with E-state index in [1.54, 1.807) is 19.2 Å². The van der Waals surface area contributed by atoms with Crippen LogP contribution in [0.4, 0.5) is 0 Å². The molecule has 0 aliphatic carbocycles. The molecule has 2 aromatic carbocycles. The molecule has 0 heterocycles. The first-order valence-corrected chi connectivity index (χ1v) is 6.85. The van der Waals surface area contributed by atoms with Gasteiger partial charge < -0.3 is 4.74 Å². The van der Waals surface area contributed by atoms with E-state index in [1.807, 2.05) is 42.5 Å². The summed E-state index contributed by atoms with van der Waals surface area (Å²) in [6, 6.07) is 19.1. The molecule has 2 aromatic rings. The Labute approximate surface area is 124 Å². The molecular weight excluding hydrogens is 262 g/mol. The van der Waals surface area contributed by atoms with Gasteiger partial charge in [-0.3, -0.25) is 4.79 Å². The van der Waals surface area contributed by atoms with Gasteiger partial charge in [-0.2, -0.15) is 5.26 Å². The van der Waals surface area contributed by atoms with Crippen molar-refractivity contribution in [2.45, 2.75) is 18.8 Å². The SMILES string of the molecule is COc1ccccc1C(C#N)C(=O)CCc1ccccc1. The van der Waals surface area contributed by atoms with Crippen LogP contribution in [0.2, 0.25) is 0 Å². The van der Waals surface area contributed by atoms with Crippen LogP contribution in [0.15, 0.2) is 54.6 Å². The Hall–Kier alpha value is -2.60. The van der Waals surface area contributed by atoms with E-state index in [0.29, 0.717) is 24.2 Å². The monoisotopic (exact) mass is 279 g/mol. The van der Waals surface area contributed by atoms with Crippen molar-refractivity contribution in [1.82, 2.24) is 0 Å². The Kier molecular flexibility index (Phi) is 5.11. The van der Waals surface area contributed by atoms with E-state index < -0.39 is 5.92 Å². The number of benzene rings is 2. The number of Topliss-reactive ketones (excluding diaryl/α,β-unsaturated/α-hetero) is 1. The second kappa shape index (κ2) is 7.25. The number of hydrogen-bond acceptors (Lipinski definition) is 3. The Bertz CT molecular complexity index is 644. The predicted octanol–water partition coefficient (Wildman–Crippen LogP) is 3.50. The number of hydrogen-bond donors (Lipinski definition) is 0. The van der Waals surface area contributed by atoms with Gasteiger partial charge in [0.1, 0.15) is 11.7 Å². The largest absolute Gasteiger partial charge is 0.496 e. The highest BCUT2D eigenvalue weighted by atomic mass is 16.5. The van der Waals surface area contributed by atoms with Crippen molar-refractivity contribution in [3.8, 4) is 11.8 Å². The third kappa shape index (κ3) is 3.70. The van der Waals surface area contributed by atoms with Crippen LogP contribution in [0.5, 0.6) is 5.75 Å². The summed E-state index contributed by atoms with van der Waals surface area (Å²) < 4.78 is 5.24. The lowest BCUT2D eigenvalue weighted by molar-refractivity contribution is -0.119. The fraction of sp³-hybridized carbons (Fsp3) is 0.222. The number of nitrogens with zero attached hydrogens (tertiary/aromatic N) is 1. The van der Waals surface area contributed by atoms with Gasteiger partial charge in [-0.1, -0.05) is 48.5 Å². The number of carbonyl (C=O) groups is 1. The van der Waals surface area contributed by atoms with Crippen LogP contribution in [0.3, 0.4) is 0 Å². The van der Waals surface area contributed by atoms with Crippen molar-refractivity contribution in [1.29, 1.82) is 5.26 Å². The van der Waals surface area contributed by atoms with Crippen molar-refractivity contribution in [3.63, 3.8) is 0 Å². The molecule has 0 aliphatic heterocycles. The highest BCUT2D eigenvalue weighted by Gasteiger charge is 2.22. The minimum Gasteiger partial charge on any atom is -0.496 e. The van der Waals surface area contributed by atoms with E-state index >= 15 is 0 Å². The van der Waals surface area contributed by atoms with Crippen molar-refractivity contribution in [2.24, 2.45) is 0 Å². The summed E-state index contributed by atoms with van der Waals surface area (Å²) >= 11 is 0. The van der Waals surface area contributed by atoms with E-state index in [0.717, 1.165) is 5.56 Å². The molecular formula is C18H17NO2. The topological polar surface area (TPSA) is 50.1 Å². The lowest BCUT2D eigenvalue weighted by Gasteiger charge is -2.12. The maximum absolute atomic E-state index is 12.3. The zero-order valence-electron chi connectivity index (χ0n) is 12.0. The molecule has 0 fully saturated rings. The van der Waals surface area contributed by atoms with E-state index in [2.05, 4.69) is 6.07 Å². The summed E-state index contributed by atoms with van der Waals surface area (Å²) in [5.41, 5.74) is 1.74. The summed E-state index contributed by atoms with van der Waals surface area (Å²) in [5.74, 6) is -0.271. The fourth-order valence-electron chi connectivity index (χ4n) is 2.28. The molecule has 0 spiro atoms. The first kappa shape index (κ1) is 14.8. The van der Waals surface area contributed by atoms with Gasteiger partial charge in [0.2, 0.25) is 0 Å². The minimum atomic E-state index is -0.773. The number of ether oxygens (including phenoxy) is 1. The number of para-hydroxylation sites is 1. The molecule has 0 saturated heterocycles. The smallest absolute Gasteiger partial charge is 0.154 e. The van der Waals surface area contributed by atoms with Gasteiger partial charge in [-0.05, 0) is 18.1 Å². The van der Waals surface area contributed by atoms with Gasteiger partial charge in [0.25, 0.3) is 0 Å². The molecule has 1 atom stereocenters. The van der Waals surface area contributed by atoms with Gasteiger partial charge in [0, 0.05) is 12.0 Å². The van der Waals surface area contributed by atoms with Crippen molar-refractivity contribution in [3.05, 3.63) is 65.7 Å². The molecule has 2 rings (SSSR count).